The number of hydrogen-bond acceptors (Lipinski definition) is 3. The van der Waals surface area contributed by atoms with Crippen LogP contribution >= 0.6 is 0 Å². The van der Waals surface area contributed by atoms with E-state index in [4.69, 9.17) is 0 Å². The van der Waals surface area contributed by atoms with Crippen molar-refractivity contribution in [1.29, 1.82) is 0 Å². The van der Waals surface area contributed by atoms with Crippen molar-refractivity contribution in [3.63, 3.8) is 0 Å². The molecule has 0 heterocycles. The highest BCUT2D eigenvalue weighted by atomic mass is 32.2. The Bertz CT molecular complexity index is 716. The minimum Gasteiger partial charge on any atom is -0.347 e. The zero-order valence-electron chi connectivity index (χ0n) is 14.1. The first kappa shape index (κ1) is 16.1. The molecule has 0 aromatic heterocycles. The van der Waals surface area contributed by atoms with Crippen LogP contribution in [0.3, 0.4) is 0 Å². The van der Waals surface area contributed by atoms with E-state index < -0.39 is 9.84 Å². The maximum atomic E-state index is 12.7. The molecule has 5 heteroatoms. The van der Waals surface area contributed by atoms with Gasteiger partial charge in [-0.15, -0.1) is 0 Å². The van der Waals surface area contributed by atoms with Crippen molar-refractivity contribution >= 4 is 15.7 Å². The number of nitrogens with one attached hydrogen (secondary N) is 1. The van der Waals surface area contributed by atoms with Crippen LogP contribution in [-0.4, -0.2) is 26.1 Å². The first-order valence-corrected chi connectivity index (χ1v) is 11.0. The van der Waals surface area contributed by atoms with Gasteiger partial charge < -0.3 is 5.32 Å². The van der Waals surface area contributed by atoms with Crippen molar-refractivity contribution in [2.45, 2.75) is 49.8 Å². The van der Waals surface area contributed by atoms with E-state index in [1.807, 2.05) is 0 Å². The molecule has 4 saturated carbocycles. The van der Waals surface area contributed by atoms with Gasteiger partial charge in [-0.05, 0) is 74.0 Å². The van der Waals surface area contributed by atoms with Gasteiger partial charge >= 0.3 is 0 Å². The summed E-state index contributed by atoms with van der Waals surface area (Å²) < 4.78 is 22.7. The van der Waals surface area contributed by atoms with Crippen LogP contribution in [0.1, 0.15) is 54.4 Å². The topological polar surface area (TPSA) is 63.2 Å². The lowest BCUT2D eigenvalue weighted by molar-refractivity contribution is -0.0167. The number of hydrogen-bond donors (Lipinski definition) is 1. The van der Waals surface area contributed by atoms with Gasteiger partial charge in [0.15, 0.2) is 9.84 Å². The van der Waals surface area contributed by atoms with Crippen LogP contribution in [0.2, 0.25) is 0 Å². The Morgan fingerprint density at radius 3 is 2.00 bits per heavy atom. The molecule has 1 N–H and O–H groups in total. The molecule has 4 nitrogen and oxygen atoms in total. The molecule has 1 aromatic rings. The average molecular weight is 347 g/mol. The third kappa shape index (κ3) is 3.23. The van der Waals surface area contributed by atoms with Gasteiger partial charge in [0.05, 0.1) is 5.75 Å². The Morgan fingerprint density at radius 1 is 1.04 bits per heavy atom. The highest BCUT2D eigenvalue weighted by molar-refractivity contribution is 7.89. The molecule has 4 fully saturated rings. The van der Waals surface area contributed by atoms with Crippen LogP contribution in [0.5, 0.6) is 0 Å². The van der Waals surface area contributed by atoms with Gasteiger partial charge in [-0.2, -0.15) is 0 Å². The van der Waals surface area contributed by atoms with E-state index >= 15 is 0 Å². The van der Waals surface area contributed by atoms with Gasteiger partial charge in [0.2, 0.25) is 0 Å². The zero-order valence-corrected chi connectivity index (χ0v) is 14.9. The van der Waals surface area contributed by atoms with E-state index in [1.54, 1.807) is 24.3 Å². The third-order valence-electron chi connectivity index (χ3n) is 6.06. The lowest BCUT2D eigenvalue weighted by atomic mass is 9.53. The Morgan fingerprint density at radius 2 is 1.54 bits per heavy atom. The predicted molar refractivity (Wildman–Crippen MR) is 93.4 cm³/mol. The molecule has 4 aliphatic carbocycles. The standard InChI is InChI=1S/C19H25NO3S/c1-24(22,23)12-13-2-4-17(5-3-13)18(21)20-19-9-14-6-15(10-19)8-16(7-14)11-19/h2-5,14-16H,6-12H2,1H3,(H,20,21). The number of carbonyl (C=O) groups is 1. The quantitative estimate of drug-likeness (QED) is 0.911. The molecule has 0 atom stereocenters. The van der Waals surface area contributed by atoms with E-state index in [0.29, 0.717) is 5.56 Å². The minimum absolute atomic E-state index is 0.0112. The molecule has 0 aliphatic heterocycles. The van der Waals surface area contributed by atoms with Gasteiger partial charge in [0.1, 0.15) is 0 Å². The van der Waals surface area contributed by atoms with Crippen LogP contribution in [0, 0.1) is 17.8 Å². The van der Waals surface area contributed by atoms with Crippen molar-refractivity contribution in [1.82, 2.24) is 5.32 Å². The van der Waals surface area contributed by atoms with Crippen molar-refractivity contribution < 1.29 is 13.2 Å². The van der Waals surface area contributed by atoms with Crippen molar-refractivity contribution in [2.24, 2.45) is 17.8 Å². The zero-order chi connectivity index (χ0) is 16.9. The molecule has 4 aliphatic rings. The number of carbonyl (C=O) groups excluding carboxylic acids is 1. The lowest BCUT2D eigenvalue weighted by Crippen LogP contribution is -2.59. The van der Waals surface area contributed by atoms with E-state index in [2.05, 4.69) is 5.32 Å². The monoisotopic (exact) mass is 347 g/mol. The smallest absolute Gasteiger partial charge is 0.251 e. The van der Waals surface area contributed by atoms with E-state index in [0.717, 1.165) is 42.6 Å². The molecule has 1 aromatic carbocycles. The summed E-state index contributed by atoms with van der Waals surface area (Å²) in [6, 6.07) is 6.98. The number of amides is 1. The molecular weight excluding hydrogens is 322 g/mol. The lowest BCUT2D eigenvalue weighted by Gasteiger charge is -2.56. The number of rotatable bonds is 4. The van der Waals surface area contributed by atoms with Crippen molar-refractivity contribution in [2.75, 3.05) is 6.26 Å². The highest BCUT2D eigenvalue weighted by Crippen LogP contribution is 2.55. The summed E-state index contributed by atoms with van der Waals surface area (Å²) >= 11 is 0. The summed E-state index contributed by atoms with van der Waals surface area (Å²) in [5.74, 6) is 2.41. The fourth-order valence-electron chi connectivity index (χ4n) is 5.63. The first-order chi connectivity index (χ1) is 11.3. The molecule has 130 valence electrons. The minimum atomic E-state index is -3.05. The second kappa shape index (κ2) is 5.58. The normalized spacial score (nSPS) is 34.3. The highest BCUT2D eigenvalue weighted by Gasteiger charge is 2.51. The summed E-state index contributed by atoms with van der Waals surface area (Å²) in [4.78, 5) is 12.7. The van der Waals surface area contributed by atoms with Crippen LogP contribution < -0.4 is 5.32 Å². The third-order valence-corrected chi connectivity index (χ3v) is 6.92. The van der Waals surface area contributed by atoms with E-state index in [9.17, 15) is 13.2 Å². The van der Waals surface area contributed by atoms with E-state index in [-0.39, 0.29) is 17.2 Å². The second-order valence-electron chi connectivity index (χ2n) is 8.42. The van der Waals surface area contributed by atoms with E-state index in [1.165, 1.54) is 25.5 Å². The largest absolute Gasteiger partial charge is 0.347 e. The summed E-state index contributed by atoms with van der Waals surface area (Å²) in [6.07, 6.45) is 8.70. The van der Waals surface area contributed by atoms with Gasteiger partial charge in [0, 0.05) is 17.4 Å². The Labute approximate surface area is 143 Å². The fourth-order valence-corrected chi connectivity index (χ4v) is 6.43. The molecule has 0 spiro atoms. The summed E-state index contributed by atoms with van der Waals surface area (Å²) in [5.41, 5.74) is 1.36. The van der Waals surface area contributed by atoms with Gasteiger partial charge in [-0.25, -0.2) is 8.42 Å². The molecule has 0 saturated heterocycles. The van der Waals surface area contributed by atoms with Crippen LogP contribution in [-0.2, 0) is 15.6 Å². The molecule has 24 heavy (non-hydrogen) atoms. The predicted octanol–water partition coefficient (Wildman–Crippen LogP) is 2.93. The SMILES string of the molecule is CS(=O)(=O)Cc1ccc(C(=O)NC23CC4CC(CC(C4)C2)C3)cc1. The van der Waals surface area contributed by atoms with Crippen molar-refractivity contribution in [3.05, 3.63) is 35.4 Å². The van der Waals surface area contributed by atoms with Gasteiger partial charge in [-0.3, -0.25) is 4.79 Å². The molecule has 5 rings (SSSR count). The summed E-state index contributed by atoms with van der Waals surface area (Å²) in [5, 5.41) is 3.35. The molecule has 0 unspecified atom stereocenters. The van der Waals surface area contributed by atoms with Gasteiger partial charge in [-0.1, -0.05) is 12.1 Å². The maximum absolute atomic E-state index is 12.7. The van der Waals surface area contributed by atoms with Crippen LogP contribution in [0.25, 0.3) is 0 Å². The number of benzene rings is 1. The maximum Gasteiger partial charge on any atom is 0.251 e. The summed E-state index contributed by atoms with van der Waals surface area (Å²) in [7, 11) is -3.05. The Kier molecular flexibility index (Phi) is 3.75. The van der Waals surface area contributed by atoms with Crippen LogP contribution in [0.15, 0.2) is 24.3 Å². The van der Waals surface area contributed by atoms with Crippen molar-refractivity contribution in [3.8, 4) is 0 Å². The molecular formula is C19H25NO3S. The van der Waals surface area contributed by atoms with Gasteiger partial charge in [0.25, 0.3) is 5.91 Å². The molecule has 4 bridgehead atoms. The Balaban J connectivity index is 1.46. The second-order valence-corrected chi connectivity index (χ2v) is 10.6. The fraction of sp³-hybridized carbons (Fsp3) is 0.632. The number of sulfone groups is 1. The molecule has 1 amide bonds. The average Bonchev–Trinajstić information content (AvgIpc) is 2.44. The molecule has 0 radical (unpaired) electrons. The Hall–Kier alpha value is -1.36. The first-order valence-electron chi connectivity index (χ1n) is 8.89. The van der Waals surface area contributed by atoms with Crippen LogP contribution in [0.4, 0.5) is 0 Å². The summed E-state index contributed by atoms with van der Waals surface area (Å²) in [6.45, 7) is 0.